The molecule has 0 aliphatic heterocycles. The normalized spacial score (nSPS) is 10.2. The predicted molar refractivity (Wildman–Crippen MR) is 124 cm³/mol. The van der Waals surface area contributed by atoms with Crippen LogP contribution in [0, 0.1) is 22.7 Å². The lowest BCUT2D eigenvalue weighted by atomic mass is 9.96. The molecule has 0 N–H and O–H groups in total. The molecule has 3 nitrogen and oxygen atoms in total. The first-order valence-electron chi connectivity index (χ1n) is 10.4. The molecule has 0 radical (unpaired) electrons. The number of hydrogen-bond donors (Lipinski definition) is 0. The van der Waals surface area contributed by atoms with E-state index in [1.165, 1.54) is 0 Å². The van der Waals surface area contributed by atoms with Gasteiger partial charge < -0.3 is 0 Å². The van der Waals surface area contributed by atoms with Crippen molar-refractivity contribution in [2.75, 3.05) is 0 Å². The molecular weight excluding hydrogens is 392 g/mol. The Morgan fingerprint density at radius 2 is 0.938 bits per heavy atom. The first-order chi connectivity index (χ1) is 15.7. The number of nitriles is 2. The van der Waals surface area contributed by atoms with E-state index in [4.69, 9.17) is 0 Å². The Morgan fingerprint density at radius 3 is 1.31 bits per heavy atom. The molecule has 4 aromatic rings. The lowest BCUT2D eigenvalue weighted by molar-refractivity contribution is 0.103. The van der Waals surface area contributed by atoms with Crippen molar-refractivity contribution in [1.29, 1.82) is 10.5 Å². The van der Waals surface area contributed by atoms with Crippen LogP contribution in [0.5, 0.6) is 0 Å². The van der Waals surface area contributed by atoms with Crippen LogP contribution in [0.25, 0.3) is 0 Å². The van der Waals surface area contributed by atoms with Crippen molar-refractivity contribution in [3.05, 3.63) is 142 Å². The van der Waals surface area contributed by atoms with Crippen LogP contribution >= 0.6 is 0 Å². The van der Waals surface area contributed by atoms with Gasteiger partial charge in [-0.1, -0.05) is 84.9 Å². The number of nitrogens with zero attached hydrogens (tertiary/aromatic N) is 2. The van der Waals surface area contributed by atoms with E-state index in [0.717, 1.165) is 22.3 Å². The molecule has 0 amide bonds. The highest BCUT2D eigenvalue weighted by molar-refractivity contribution is 6.09. The summed E-state index contributed by atoms with van der Waals surface area (Å²) in [6, 6.07) is 34.7. The first-order valence-corrected chi connectivity index (χ1v) is 10.4. The standard InChI is InChI=1S/C29H20N2O/c30-19-27-7-3-1-5-25(27)17-21-9-13-23(14-10-21)29(32)24-15-11-22(12-16-24)18-26-6-2-4-8-28(26)20-31/h1-16H,17-18H2. The quantitative estimate of drug-likeness (QED) is 0.374. The smallest absolute Gasteiger partial charge is 0.193 e. The van der Waals surface area contributed by atoms with E-state index in [1.54, 1.807) is 0 Å². The Bertz CT molecular complexity index is 1230. The molecule has 0 spiro atoms. The SMILES string of the molecule is N#Cc1ccccc1Cc1ccc(C(=O)c2ccc(Cc3ccccc3C#N)cc2)cc1. The Balaban J connectivity index is 1.46. The molecular formula is C29H20N2O. The topological polar surface area (TPSA) is 64.7 Å². The summed E-state index contributed by atoms with van der Waals surface area (Å²) in [6.45, 7) is 0. The fourth-order valence-corrected chi connectivity index (χ4v) is 3.72. The van der Waals surface area contributed by atoms with Gasteiger partial charge in [-0.05, 0) is 47.2 Å². The van der Waals surface area contributed by atoms with Gasteiger partial charge in [0.15, 0.2) is 5.78 Å². The van der Waals surface area contributed by atoms with Crippen molar-refractivity contribution < 1.29 is 4.79 Å². The van der Waals surface area contributed by atoms with Crippen molar-refractivity contribution in [2.45, 2.75) is 12.8 Å². The number of rotatable bonds is 6. The zero-order valence-corrected chi connectivity index (χ0v) is 17.5. The molecule has 3 heteroatoms. The van der Waals surface area contributed by atoms with Gasteiger partial charge in [0.1, 0.15) is 0 Å². The maximum atomic E-state index is 12.9. The van der Waals surface area contributed by atoms with E-state index in [2.05, 4.69) is 12.1 Å². The van der Waals surface area contributed by atoms with Crippen LogP contribution in [0.3, 0.4) is 0 Å². The summed E-state index contributed by atoms with van der Waals surface area (Å²) in [7, 11) is 0. The Morgan fingerprint density at radius 1 is 0.562 bits per heavy atom. The van der Waals surface area contributed by atoms with Crippen molar-refractivity contribution in [1.82, 2.24) is 0 Å². The Labute approximate surface area is 187 Å². The van der Waals surface area contributed by atoms with Gasteiger partial charge in [0.2, 0.25) is 0 Å². The molecule has 0 atom stereocenters. The summed E-state index contributed by atoms with van der Waals surface area (Å²) in [5.41, 5.74) is 6.65. The van der Waals surface area contributed by atoms with Gasteiger partial charge in [0.05, 0.1) is 23.3 Å². The van der Waals surface area contributed by atoms with Crippen LogP contribution in [0.2, 0.25) is 0 Å². The van der Waals surface area contributed by atoms with Crippen molar-refractivity contribution >= 4 is 5.78 Å². The van der Waals surface area contributed by atoms with Crippen LogP contribution in [0.4, 0.5) is 0 Å². The van der Waals surface area contributed by atoms with E-state index < -0.39 is 0 Å². The highest BCUT2D eigenvalue weighted by Crippen LogP contribution is 2.18. The third-order valence-corrected chi connectivity index (χ3v) is 5.50. The van der Waals surface area contributed by atoms with Crippen LogP contribution in [0.15, 0.2) is 97.1 Å². The van der Waals surface area contributed by atoms with Gasteiger partial charge in [0.25, 0.3) is 0 Å². The van der Waals surface area contributed by atoms with E-state index >= 15 is 0 Å². The van der Waals surface area contributed by atoms with E-state index in [-0.39, 0.29) is 5.78 Å². The average Bonchev–Trinajstić information content (AvgIpc) is 2.85. The highest BCUT2D eigenvalue weighted by Gasteiger charge is 2.10. The van der Waals surface area contributed by atoms with Gasteiger partial charge in [-0.2, -0.15) is 10.5 Å². The lowest BCUT2D eigenvalue weighted by Crippen LogP contribution is -2.02. The molecule has 0 unspecified atom stereocenters. The average molecular weight is 412 g/mol. The molecule has 4 aromatic carbocycles. The molecule has 4 rings (SSSR count). The van der Waals surface area contributed by atoms with Crippen molar-refractivity contribution in [3.8, 4) is 12.1 Å². The molecule has 0 aliphatic rings. The number of benzene rings is 4. The fourth-order valence-electron chi connectivity index (χ4n) is 3.72. The third kappa shape index (κ3) is 4.64. The zero-order valence-electron chi connectivity index (χ0n) is 17.5. The summed E-state index contributed by atoms with van der Waals surface area (Å²) in [5, 5.41) is 18.5. The lowest BCUT2D eigenvalue weighted by Gasteiger charge is -2.07. The molecule has 0 heterocycles. The second-order valence-corrected chi connectivity index (χ2v) is 7.61. The van der Waals surface area contributed by atoms with Crippen LogP contribution < -0.4 is 0 Å². The minimum atomic E-state index is -0.0297. The minimum Gasteiger partial charge on any atom is -0.289 e. The second kappa shape index (κ2) is 9.56. The Kier molecular flexibility index (Phi) is 6.21. The Hall–Kier alpha value is -4.47. The van der Waals surface area contributed by atoms with Crippen molar-refractivity contribution in [2.24, 2.45) is 0 Å². The van der Waals surface area contributed by atoms with Crippen LogP contribution in [0.1, 0.15) is 49.3 Å². The fraction of sp³-hybridized carbons (Fsp3) is 0.0690. The first kappa shape index (κ1) is 20.8. The molecule has 0 saturated heterocycles. The molecule has 0 bridgehead atoms. The minimum absolute atomic E-state index is 0.0297. The maximum absolute atomic E-state index is 12.9. The molecule has 152 valence electrons. The van der Waals surface area contributed by atoms with Gasteiger partial charge >= 0.3 is 0 Å². The number of ketones is 1. The number of hydrogen-bond acceptors (Lipinski definition) is 3. The molecule has 0 saturated carbocycles. The molecule has 0 aromatic heterocycles. The maximum Gasteiger partial charge on any atom is 0.193 e. The summed E-state index contributed by atoms with van der Waals surface area (Å²) >= 11 is 0. The summed E-state index contributed by atoms with van der Waals surface area (Å²) in [5.74, 6) is -0.0297. The van der Waals surface area contributed by atoms with Crippen LogP contribution in [-0.2, 0) is 12.8 Å². The predicted octanol–water partition coefficient (Wildman–Crippen LogP) is 5.84. The van der Waals surface area contributed by atoms with E-state index in [0.29, 0.717) is 35.1 Å². The van der Waals surface area contributed by atoms with E-state index in [1.807, 2.05) is 97.1 Å². The van der Waals surface area contributed by atoms with Gasteiger partial charge in [-0.3, -0.25) is 4.79 Å². The monoisotopic (exact) mass is 412 g/mol. The number of carbonyl (C=O) groups is 1. The summed E-state index contributed by atoms with van der Waals surface area (Å²) in [4.78, 5) is 12.9. The molecule has 0 fully saturated rings. The van der Waals surface area contributed by atoms with E-state index in [9.17, 15) is 15.3 Å². The summed E-state index contributed by atoms with van der Waals surface area (Å²) in [6.07, 6.45) is 1.30. The molecule has 0 aliphatic carbocycles. The third-order valence-electron chi connectivity index (χ3n) is 5.50. The zero-order chi connectivity index (χ0) is 22.3. The second-order valence-electron chi connectivity index (χ2n) is 7.61. The molecule has 32 heavy (non-hydrogen) atoms. The highest BCUT2D eigenvalue weighted by atomic mass is 16.1. The summed E-state index contributed by atoms with van der Waals surface area (Å²) < 4.78 is 0. The largest absolute Gasteiger partial charge is 0.289 e. The van der Waals surface area contributed by atoms with Crippen molar-refractivity contribution in [3.63, 3.8) is 0 Å². The number of carbonyl (C=O) groups excluding carboxylic acids is 1. The van der Waals surface area contributed by atoms with Gasteiger partial charge in [0, 0.05) is 11.1 Å². The van der Waals surface area contributed by atoms with Crippen LogP contribution in [-0.4, -0.2) is 5.78 Å². The van der Waals surface area contributed by atoms with Gasteiger partial charge in [-0.25, -0.2) is 0 Å². The van der Waals surface area contributed by atoms with Gasteiger partial charge in [-0.15, -0.1) is 0 Å².